The topological polar surface area (TPSA) is 119 Å². The summed E-state index contributed by atoms with van der Waals surface area (Å²) in [7, 11) is 1.31. The van der Waals surface area contributed by atoms with Gasteiger partial charge in [-0.3, -0.25) is 10.1 Å². The Kier molecular flexibility index (Phi) is 5.36. The van der Waals surface area contributed by atoms with Crippen molar-refractivity contribution in [3.05, 3.63) is 54.0 Å². The number of esters is 1. The molecule has 0 aliphatic heterocycles. The highest BCUT2D eigenvalue weighted by Gasteiger charge is 2.15. The smallest absolute Gasteiger partial charge is 0.330 e. The van der Waals surface area contributed by atoms with E-state index in [0.29, 0.717) is 11.5 Å². The molecule has 0 saturated carbocycles. The van der Waals surface area contributed by atoms with E-state index in [9.17, 15) is 4.79 Å². The number of methoxy groups -OCH3 is 1. The fraction of sp³-hybridized carbons (Fsp3) is 0.105. The van der Waals surface area contributed by atoms with Crippen LogP contribution >= 0.6 is 0 Å². The van der Waals surface area contributed by atoms with E-state index >= 15 is 0 Å². The molecule has 0 atom stereocenters. The summed E-state index contributed by atoms with van der Waals surface area (Å²) in [5.41, 5.74) is 9.85. The van der Waals surface area contributed by atoms with Crippen molar-refractivity contribution in [3.63, 3.8) is 0 Å². The number of aryl methyl sites for hydroxylation is 1. The molecule has 0 spiro atoms. The van der Waals surface area contributed by atoms with Crippen LogP contribution in [0.1, 0.15) is 11.4 Å². The number of aromatic nitrogens is 4. The Hall–Kier alpha value is -3.81. The number of carbonyl (C=O) groups excluding carboxylic acids is 1. The first-order valence-corrected chi connectivity index (χ1v) is 8.11. The van der Waals surface area contributed by atoms with Gasteiger partial charge in [0.15, 0.2) is 5.82 Å². The van der Waals surface area contributed by atoms with Crippen LogP contribution in [-0.2, 0) is 9.53 Å². The number of nitrogens with one attached hydrogen (secondary N) is 1. The molecular formula is C19H18N6O2. The molecule has 27 heavy (non-hydrogen) atoms. The Morgan fingerprint density at radius 1 is 1.22 bits per heavy atom. The van der Waals surface area contributed by atoms with Gasteiger partial charge in [0, 0.05) is 22.9 Å². The van der Waals surface area contributed by atoms with Crippen LogP contribution in [0.5, 0.6) is 0 Å². The zero-order valence-corrected chi connectivity index (χ0v) is 14.9. The van der Waals surface area contributed by atoms with E-state index < -0.39 is 5.97 Å². The van der Waals surface area contributed by atoms with Gasteiger partial charge in [-0.05, 0) is 37.3 Å². The van der Waals surface area contributed by atoms with Crippen LogP contribution in [0.15, 0.2) is 47.6 Å². The van der Waals surface area contributed by atoms with Crippen LogP contribution < -0.4 is 5.73 Å². The maximum absolute atomic E-state index is 11.5. The van der Waals surface area contributed by atoms with Gasteiger partial charge in [-0.2, -0.15) is 5.10 Å². The number of carbonyl (C=O) groups is 1. The molecule has 0 radical (unpaired) electrons. The van der Waals surface area contributed by atoms with Crippen molar-refractivity contribution in [2.24, 2.45) is 10.7 Å². The van der Waals surface area contributed by atoms with Crippen molar-refractivity contribution >= 4 is 24.2 Å². The molecule has 3 aromatic rings. The molecule has 0 aromatic carbocycles. The second-order valence-electron chi connectivity index (χ2n) is 5.56. The van der Waals surface area contributed by atoms with Crippen molar-refractivity contribution in [3.8, 4) is 22.5 Å². The number of nitrogens with two attached hydrogens (primary N) is 1. The second-order valence-corrected chi connectivity index (χ2v) is 5.56. The lowest BCUT2D eigenvalue weighted by Crippen LogP contribution is -1.96. The number of nitrogens with zero attached hydrogens (tertiary/aromatic N) is 4. The van der Waals surface area contributed by atoms with E-state index in [4.69, 9.17) is 5.73 Å². The predicted octanol–water partition coefficient (Wildman–Crippen LogP) is 2.65. The van der Waals surface area contributed by atoms with Gasteiger partial charge in [0.2, 0.25) is 0 Å². The number of hydrogen-bond donors (Lipinski definition) is 2. The summed E-state index contributed by atoms with van der Waals surface area (Å²) >= 11 is 0. The fourth-order valence-corrected chi connectivity index (χ4v) is 2.55. The number of hydrogen-bond acceptors (Lipinski definition) is 6. The molecule has 8 nitrogen and oxygen atoms in total. The Balaban J connectivity index is 2.13. The minimum atomic E-state index is -0.483. The van der Waals surface area contributed by atoms with Gasteiger partial charge in [-0.25, -0.2) is 14.8 Å². The molecule has 0 bridgehead atoms. The number of pyridine rings is 2. The molecule has 0 unspecified atom stereocenters. The molecule has 8 heteroatoms. The lowest BCUT2D eigenvalue weighted by Gasteiger charge is -2.08. The Bertz CT molecular complexity index is 1020. The minimum absolute atomic E-state index is 0.421. The van der Waals surface area contributed by atoms with E-state index in [-0.39, 0.29) is 0 Å². The average Bonchev–Trinajstić information content (AvgIpc) is 3.16. The van der Waals surface area contributed by atoms with Gasteiger partial charge in [-0.15, -0.1) is 0 Å². The first-order chi connectivity index (χ1) is 13.1. The zero-order valence-electron chi connectivity index (χ0n) is 14.9. The third-order valence-corrected chi connectivity index (χ3v) is 3.77. The van der Waals surface area contributed by atoms with Gasteiger partial charge >= 0.3 is 5.97 Å². The molecule has 136 valence electrons. The molecule has 0 aliphatic rings. The summed E-state index contributed by atoms with van der Waals surface area (Å²) in [5, 5.41) is 7.14. The quantitative estimate of drug-likeness (QED) is 0.312. The average molecular weight is 362 g/mol. The summed E-state index contributed by atoms with van der Waals surface area (Å²) in [6, 6.07) is 9.32. The summed E-state index contributed by atoms with van der Waals surface area (Å²) in [5.74, 6) is -0.0623. The lowest BCUT2D eigenvalue weighted by atomic mass is 10.0. The van der Waals surface area contributed by atoms with Crippen molar-refractivity contribution in [2.45, 2.75) is 6.92 Å². The monoisotopic (exact) mass is 362 g/mol. The molecule has 0 saturated heterocycles. The van der Waals surface area contributed by atoms with Crippen molar-refractivity contribution in [1.82, 2.24) is 20.2 Å². The largest absolute Gasteiger partial charge is 0.466 e. The number of rotatable bonds is 5. The highest BCUT2D eigenvalue weighted by Crippen LogP contribution is 2.32. The maximum Gasteiger partial charge on any atom is 0.330 e. The Labute approximate surface area is 155 Å². The van der Waals surface area contributed by atoms with Crippen LogP contribution in [0, 0.1) is 6.92 Å². The first-order valence-electron chi connectivity index (χ1n) is 8.11. The van der Waals surface area contributed by atoms with Crippen LogP contribution in [0.4, 0.5) is 5.82 Å². The SMILES string of the molecule is COC(=O)/C=C/c1nc(N=CN)ccc1-c1cn[nH]c1-c1cccc(C)n1. The molecule has 3 heterocycles. The number of aromatic amines is 1. The number of aliphatic imine (C=N–C) groups is 1. The molecule has 3 rings (SSSR count). The molecule has 0 fully saturated rings. The number of ether oxygens (including phenoxy) is 1. The van der Waals surface area contributed by atoms with E-state index in [1.807, 2.05) is 31.2 Å². The van der Waals surface area contributed by atoms with Gasteiger partial charge in [0.05, 0.1) is 36.7 Å². The third-order valence-electron chi connectivity index (χ3n) is 3.77. The van der Waals surface area contributed by atoms with Crippen molar-refractivity contribution < 1.29 is 9.53 Å². The van der Waals surface area contributed by atoms with Gasteiger partial charge in [0.1, 0.15) is 0 Å². The zero-order chi connectivity index (χ0) is 19.2. The maximum atomic E-state index is 11.5. The van der Waals surface area contributed by atoms with E-state index in [1.165, 1.54) is 13.2 Å². The first kappa shape index (κ1) is 18.0. The molecule has 0 aliphatic carbocycles. The lowest BCUT2D eigenvalue weighted by molar-refractivity contribution is -0.134. The van der Waals surface area contributed by atoms with Gasteiger partial charge < -0.3 is 10.5 Å². The van der Waals surface area contributed by atoms with Gasteiger partial charge in [0.25, 0.3) is 0 Å². The van der Waals surface area contributed by atoms with Crippen LogP contribution in [-0.4, -0.2) is 39.6 Å². The van der Waals surface area contributed by atoms with E-state index in [0.717, 1.165) is 34.5 Å². The standard InChI is InChI=1S/C19H18N6O2/c1-12-4-3-5-16(23-12)19-14(10-22-25-19)13-6-8-17(21-11-20)24-15(13)7-9-18(26)27-2/h3-11H,1-2H3,(H,22,25)(H2,20,21,24)/b9-7+. The summed E-state index contributed by atoms with van der Waals surface area (Å²) in [4.78, 5) is 24.5. The highest BCUT2D eigenvalue weighted by molar-refractivity contribution is 5.90. The van der Waals surface area contributed by atoms with Crippen molar-refractivity contribution in [2.75, 3.05) is 7.11 Å². The van der Waals surface area contributed by atoms with Gasteiger partial charge in [-0.1, -0.05) is 6.07 Å². The predicted molar refractivity (Wildman–Crippen MR) is 103 cm³/mol. The van der Waals surface area contributed by atoms with Crippen LogP contribution in [0.25, 0.3) is 28.6 Å². The molecular weight excluding hydrogens is 344 g/mol. The molecule has 0 amide bonds. The molecule has 3 N–H and O–H groups in total. The normalized spacial score (nSPS) is 11.3. The second kappa shape index (κ2) is 8.05. The minimum Gasteiger partial charge on any atom is -0.466 e. The van der Waals surface area contributed by atoms with Crippen molar-refractivity contribution in [1.29, 1.82) is 0 Å². The third kappa shape index (κ3) is 4.06. The fourth-order valence-electron chi connectivity index (χ4n) is 2.55. The highest BCUT2D eigenvalue weighted by atomic mass is 16.5. The van der Waals surface area contributed by atoms with Crippen LogP contribution in [0.3, 0.4) is 0 Å². The Morgan fingerprint density at radius 2 is 2.07 bits per heavy atom. The summed E-state index contributed by atoms with van der Waals surface area (Å²) < 4.78 is 4.65. The summed E-state index contributed by atoms with van der Waals surface area (Å²) in [6.45, 7) is 1.92. The molecule has 3 aromatic heterocycles. The summed E-state index contributed by atoms with van der Waals surface area (Å²) in [6.07, 6.45) is 5.72. The van der Waals surface area contributed by atoms with Crippen LogP contribution in [0.2, 0.25) is 0 Å². The number of H-pyrrole nitrogens is 1. The Morgan fingerprint density at radius 3 is 2.81 bits per heavy atom. The van der Waals surface area contributed by atoms with E-state index in [2.05, 4.69) is 29.9 Å². The van der Waals surface area contributed by atoms with E-state index in [1.54, 1.807) is 18.3 Å².